The quantitative estimate of drug-likeness (QED) is 0.901. The van der Waals surface area contributed by atoms with E-state index < -0.39 is 25.0 Å². The first-order chi connectivity index (χ1) is 11.9. The fourth-order valence-corrected chi connectivity index (χ4v) is 2.75. The maximum atomic E-state index is 11.4. The topological polar surface area (TPSA) is 32.7 Å². The summed E-state index contributed by atoms with van der Waals surface area (Å²) in [7, 11) is 2.63. The first kappa shape index (κ1) is 9.06. The van der Waals surface area contributed by atoms with Gasteiger partial charge in [-0.3, -0.25) is 0 Å². The standard InChI is InChI=1S/C17H27NO2/c1-18(2)13-16(17(19)11-5-4-6-12-17)14-7-9-15(20-3)10-8-14/h7-10,16,19H,4-6,11-13H2,1-3H3/i1D3,13D2,16D. The van der Waals surface area contributed by atoms with Crippen LogP contribution in [0.1, 0.15) is 51.8 Å². The van der Waals surface area contributed by atoms with E-state index in [-0.39, 0.29) is 18.4 Å². The van der Waals surface area contributed by atoms with E-state index in [1.165, 1.54) is 19.2 Å². The molecule has 1 aromatic carbocycles. The normalized spacial score (nSPS) is 27.2. The molecule has 1 saturated carbocycles. The summed E-state index contributed by atoms with van der Waals surface area (Å²) in [5.74, 6) is -1.65. The van der Waals surface area contributed by atoms with Gasteiger partial charge in [0.1, 0.15) is 5.75 Å². The number of hydrogen-bond acceptors (Lipinski definition) is 3. The van der Waals surface area contributed by atoms with E-state index >= 15 is 0 Å². The van der Waals surface area contributed by atoms with Crippen molar-refractivity contribution in [3.8, 4) is 5.75 Å². The van der Waals surface area contributed by atoms with Gasteiger partial charge in [-0.1, -0.05) is 31.4 Å². The number of methoxy groups -OCH3 is 1. The van der Waals surface area contributed by atoms with E-state index in [9.17, 15) is 5.11 Å². The molecule has 3 heteroatoms. The fraction of sp³-hybridized carbons (Fsp3) is 0.647. The first-order valence-corrected chi connectivity index (χ1v) is 7.01. The number of rotatable bonds is 5. The highest BCUT2D eigenvalue weighted by atomic mass is 16.5. The number of nitrogens with zero attached hydrogens (tertiary/aromatic N) is 1. The van der Waals surface area contributed by atoms with Crippen LogP contribution in [0.3, 0.4) is 0 Å². The molecule has 112 valence electrons. The molecule has 1 N–H and O–H groups in total. The molecule has 0 bridgehead atoms. The Bertz CT molecular complexity index is 613. The molecule has 20 heavy (non-hydrogen) atoms. The third-order valence-electron chi connectivity index (χ3n) is 3.80. The maximum absolute atomic E-state index is 11.4. The van der Waals surface area contributed by atoms with Crippen molar-refractivity contribution in [1.82, 2.24) is 4.90 Å². The van der Waals surface area contributed by atoms with Crippen LogP contribution in [-0.2, 0) is 0 Å². The lowest BCUT2D eigenvalue weighted by molar-refractivity contribution is -0.0277. The average Bonchev–Trinajstić information content (AvgIpc) is 2.60. The zero-order chi connectivity index (χ0) is 19.8. The number of ether oxygens (including phenoxy) is 1. The van der Waals surface area contributed by atoms with Gasteiger partial charge < -0.3 is 14.7 Å². The molecule has 0 heterocycles. The van der Waals surface area contributed by atoms with Crippen molar-refractivity contribution in [3.63, 3.8) is 0 Å². The van der Waals surface area contributed by atoms with Crippen LogP contribution < -0.4 is 4.74 Å². The largest absolute Gasteiger partial charge is 0.497 e. The van der Waals surface area contributed by atoms with Crippen molar-refractivity contribution < 1.29 is 18.1 Å². The van der Waals surface area contributed by atoms with Crippen molar-refractivity contribution in [2.24, 2.45) is 0 Å². The van der Waals surface area contributed by atoms with Crippen LogP contribution in [0.15, 0.2) is 24.3 Å². The Balaban J connectivity index is 2.64. The Morgan fingerprint density at radius 1 is 1.40 bits per heavy atom. The zero-order valence-corrected chi connectivity index (χ0v) is 12.1. The molecule has 3 nitrogen and oxygen atoms in total. The van der Waals surface area contributed by atoms with Crippen LogP contribution in [0.4, 0.5) is 0 Å². The Morgan fingerprint density at radius 3 is 2.60 bits per heavy atom. The molecule has 0 aliphatic heterocycles. The summed E-state index contributed by atoms with van der Waals surface area (Å²) in [6, 6.07) is 6.25. The monoisotopic (exact) mass is 283 g/mol. The first-order valence-electron chi connectivity index (χ1n) is 10.0. The fourth-order valence-electron chi connectivity index (χ4n) is 2.75. The van der Waals surface area contributed by atoms with Crippen LogP contribution in [0.25, 0.3) is 0 Å². The van der Waals surface area contributed by atoms with Gasteiger partial charge in [-0.15, -0.1) is 0 Å². The summed E-state index contributed by atoms with van der Waals surface area (Å²) in [5, 5.41) is 11.4. The van der Waals surface area contributed by atoms with Gasteiger partial charge in [0.05, 0.1) is 12.7 Å². The van der Waals surface area contributed by atoms with E-state index in [1.54, 1.807) is 12.1 Å². The molecular weight excluding hydrogens is 250 g/mol. The van der Waals surface area contributed by atoms with Crippen molar-refractivity contribution >= 4 is 0 Å². The summed E-state index contributed by atoms with van der Waals surface area (Å²) in [5.41, 5.74) is -1.45. The smallest absolute Gasteiger partial charge is 0.118 e. The SMILES string of the molecule is [2H]C([2H])([2H])N(C)C([2H])([2H])C([2H])(c1ccc(OC)cc1)C1(O)CCCCC1. The van der Waals surface area contributed by atoms with Crippen molar-refractivity contribution in [3.05, 3.63) is 29.8 Å². The van der Waals surface area contributed by atoms with Crippen molar-refractivity contribution in [1.29, 1.82) is 0 Å². The maximum Gasteiger partial charge on any atom is 0.118 e. The van der Waals surface area contributed by atoms with Gasteiger partial charge in [-0.05, 0) is 44.6 Å². The molecule has 2 rings (SSSR count). The summed E-state index contributed by atoms with van der Waals surface area (Å²) in [6.07, 6.45) is 2.73. The second kappa shape index (κ2) is 6.59. The molecule has 0 radical (unpaired) electrons. The Kier molecular flexibility index (Phi) is 2.99. The Labute approximate surface area is 131 Å². The van der Waals surface area contributed by atoms with Crippen LogP contribution in [-0.4, -0.2) is 43.2 Å². The highest BCUT2D eigenvalue weighted by Crippen LogP contribution is 2.40. The van der Waals surface area contributed by atoms with Crippen LogP contribution in [0.5, 0.6) is 5.75 Å². The van der Waals surface area contributed by atoms with Crippen molar-refractivity contribution in [2.75, 3.05) is 27.6 Å². The number of benzene rings is 1. The van der Waals surface area contributed by atoms with E-state index in [4.69, 9.17) is 13.0 Å². The molecule has 0 amide bonds. The minimum absolute atomic E-state index is 0.226. The third kappa shape index (κ3) is 3.53. The van der Waals surface area contributed by atoms with Crippen LogP contribution in [0.2, 0.25) is 0 Å². The summed E-state index contributed by atoms with van der Waals surface area (Å²) in [4.78, 5) is 0.573. The highest BCUT2D eigenvalue weighted by Gasteiger charge is 2.38. The molecule has 1 atom stereocenters. The van der Waals surface area contributed by atoms with Gasteiger partial charge >= 0.3 is 0 Å². The molecule has 1 aliphatic rings. The van der Waals surface area contributed by atoms with E-state index in [1.807, 2.05) is 0 Å². The number of hydrogen-bond donors (Lipinski definition) is 1. The van der Waals surface area contributed by atoms with Gasteiger partial charge in [0.2, 0.25) is 0 Å². The Morgan fingerprint density at radius 2 is 2.05 bits per heavy atom. The molecule has 1 aliphatic carbocycles. The predicted octanol–water partition coefficient (Wildman–Crippen LogP) is 3.04. The minimum Gasteiger partial charge on any atom is -0.497 e. The molecular formula is C17H27NO2. The van der Waals surface area contributed by atoms with Crippen LogP contribution >= 0.6 is 0 Å². The highest BCUT2D eigenvalue weighted by molar-refractivity contribution is 5.31. The van der Waals surface area contributed by atoms with E-state index in [0.29, 0.717) is 23.5 Å². The lowest BCUT2D eigenvalue weighted by atomic mass is 9.72. The zero-order valence-electron chi connectivity index (χ0n) is 18.1. The lowest BCUT2D eigenvalue weighted by Crippen LogP contribution is -2.42. The van der Waals surface area contributed by atoms with E-state index in [2.05, 4.69) is 0 Å². The lowest BCUT2D eigenvalue weighted by Gasteiger charge is -2.40. The van der Waals surface area contributed by atoms with Gasteiger partial charge in [-0.2, -0.15) is 0 Å². The third-order valence-corrected chi connectivity index (χ3v) is 3.80. The van der Waals surface area contributed by atoms with Gasteiger partial charge in [0, 0.05) is 20.6 Å². The summed E-state index contributed by atoms with van der Waals surface area (Å²) in [6.45, 7) is -5.38. The second-order valence-corrected chi connectivity index (χ2v) is 5.37. The van der Waals surface area contributed by atoms with Crippen molar-refractivity contribution in [2.45, 2.75) is 43.6 Å². The Hall–Kier alpha value is -1.06. The van der Waals surface area contributed by atoms with Gasteiger partial charge in [-0.25, -0.2) is 0 Å². The summed E-state index contributed by atoms with van der Waals surface area (Å²) < 4.78 is 54.3. The molecule has 1 unspecified atom stereocenters. The number of aliphatic hydroxyl groups is 1. The van der Waals surface area contributed by atoms with Gasteiger partial charge in [0.25, 0.3) is 0 Å². The summed E-state index contributed by atoms with van der Waals surface area (Å²) >= 11 is 0. The molecule has 0 saturated heterocycles. The van der Waals surface area contributed by atoms with Crippen LogP contribution in [0, 0.1) is 0 Å². The molecule has 0 aromatic heterocycles. The molecule has 0 spiro atoms. The molecule has 1 fully saturated rings. The van der Waals surface area contributed by atoms with Gasteiger partial charge in [0.15, 0.2) is 0 Å². The predicted molar refractivity (Wildman–Crippen MR) is 82.3 cm³/mol. The number of likely N-dealkylation sites (N-methyl/N-ethyl adjacent to an activating group) is 1. The molecule has 1 aromatic rings. The second-order valence-electron chi connectivity index (χ2n) is 5.37. The van der Waals surface area contributed by atoms with E-state index in [0.717, 1.165) is 13.5 Å². The minimum atomic E-state index is -2.74. The average molecular weight is 283 g/mol.